The van der Waals surface area contributed by atoms with Crippen molar-refractivity contribution in [2.24, 2.45) is 0 Å². The molecule has 0 unspecified atom stereocenters. The van der Waals surface area contributed by atoms with Gasteiger partial charge in [-0.2, -0.15) is 0 Å². The van der Waals surface area contributed by atoms with Crippen LogP contribution in [0.4, 0.5) is 0 Å². The van der Waals surface area contributed by atoms with E-state index < -0.39 is 0 Å². The number of hydrogen-bond acceptors (Lipinski definition) is 5. The number of carbonyl (C=O) groups is 2. The average molecular weight is 364 g/mol. The first-order valence-corrected chi connectivity index (χ1v) is 9.05. The first-order valence-electron chi connectivity index (χ1n) is 9.05. The first-order chi connectivity index (χ1) is 13.1. The summed E-state index contributed by atoms with van der Waals surface area (Å²) in [5.74, 6) is 1.48. The number of Topliss-reactive ketones (excluding diaryl/α,β-unsaturated/α-hetero) is 1. The summed E-state index contributed by atoms with van der Waals surface area (Å²) in [5.41, 5.74) is 1.61. The highest BCUT2D eigenvalue weighted by Gasteiger charge is 2.30. The molecule has 2 aromatic heterocycles. The van der Waals surface area contributed by atoms with Gasteiger partial charge in [0.1, 0.15) is 29.4 Å². The fraction of sp³-hybridized carbons (Fsp3) is 0.286. The summed E-state index contributed by atoms with van der Waals surface area (Å²) >= 11 is 0. The third-order valence-electron chi connectivity index (χ3n) is 4.71. The van der Waals surface area contributed by atoms with Crippen LogP contribution in [0, 0.1) is 6.92 Å². The second-order valence-corrected chi connectivity index (χ2v) is 6.54. The Hall–Kier alpha value is -3.15. The average Bonchev–Trinajstić information content (AvgIpc) is 3.02. The molecule has 0 bridgehead atoms. The molecule has 1 aliphatic rings. The molecule has 3 aromatic rings. The number of pyridine rings is 1. The van der Waals surface area contributed by atoms with Crippen molar-refractivity contribution < 1.29 is 18.7 Å². The van der Waals surface area contributed by atoms with Gasteiger partial charge in [0.05, 0.1) is 17.7 Å². The maximum absolute atomic E-state index is 12.6. The van der Waals surface area contributed by atoms with Crippen LogP contribution < -0.4 is 10.1 Å². The smallest absolute Gasteiger partial charge is 0.255 e. The molecule has 138 valence electrons. The molecular formula is C21H20N2O4. The highest BCUT2D eigenvalue weighted by atomic mass is 16.5. The maximum Gasteiger partial charge on any atom is 0.255 e. The van der Waals surface area contributed by atoms with Gasteiger partial charge in [-0.05, 0) is 25.5 Å². The van der Waals surface area contributed by atoms with E-state index >= 15 is 0 Å². The van der Waals surface area contributed by atoms with Crippen molar-refractivity contribution in [3.8, 4) is 5.75 Å². The number of benzene rings is 1. The molecule has 0 aliphatic heterocycles. The fourth-order valence-corrected chi connectivity index (χ4v) is 3.49. The highest BCUT2D eigenvalue weighted by Crippen LogP contribution is 2.29. The number of ether oxygens (including phenoxy) is 1. The van der Waals surface area contributed by atoms with Crippen LogP contribution in [0.25, 0.3) is 10.9 Å². The van der Waals surface area contributed by atoms with E-state index in [0.29, 0.717) is 54.4 Å². The Labute approximate surface area is 156 Å². The zero-order valence-corrected chi connectivity index (χ0v) is 15.1. The van der Waals surface area contributed by atoms with Crippen LogP contribution >= 0.6 is 0 Å². The van der Waals surface area contributed by atoms with Crippen LogP contribution in [-0.2, 0) is 6.42 Å². The van der Waals surface area contributed by atoms with Gasteiger partial charge in [-0.15, -0.1) is 0 Å². The number of para-hydroxylation sites is 1. The van der Waals surface area contributed by atoms with Crippen molar-refractivity contribution in [1.82, 2.24) is 10.3 Å². The van der Waals surface area contributed by atoms with Gasteiger partial charge in [-0.3, -0.25) is 14.6 Å². The second kappa shape index (κ2) is 7.23. The van der Waals surface area contributed by atoms with E-state index in [-0.39, 0.29) is 11.7 Å². The molecule has 1 aliphatic carbocycles. The molecule has 4 rings (SSSR count). The molecule has 6 nitrogen and oxygen atoms in total. The lowest BCUT2D eigenvalue weighted by molar-refractivity contribution is 0.0923. The SMILES string of the molecule is Cc1oc2c(c1C(=O)NCCOc1cccc3cccnc13)C(=O)CCC2. The Morgan fingerprint density at radius 1 is 1.26 bits per heavy atom. The van der Waals surface area contributed by atoms with Crippen LogP contribution in [0.5, 0.6) is 5.75 Å². The van der Waals surface area contributed by atoms with Gasteiger partial charge in [-0.25, -0.2) is 0 Å². The molecule has 0 radical (unpaired) electrons. The third kappa shape index (κ3) is 3.30. The van der Waals surface area contributed by atoms with E-state index in [2.05, 4.69) is 10.3 Å². The van der Waals surface area contributed by atoms with Gasteiger partial charge in [-0.1, -0.05) is 18.2 Å². The number of carbonyl (C=O) groups excluding carboxylic acids is 2. The molecule has 0 saturated heterocycles. The number of ketones is 1. The number of nitrogens with one attached hydrogen (secondary N) is 1. The Balaban J connectivity index is 1.41. The van der Waals surface area contributed by atoms with Gasteiger partial charge < -0.3 is 14.5 Å². The summed E-state index contributed by atoms with van der Waals surface area (Å²) in [6.45, 7) is 2.34. The van der Waals surface area contributed by atoms with Crippen molar-refractivity contribution in [3.63, 3.8) is 0 Å². The number of aryl methyl sites for hydroxylation is 2. The van der Waals surface area contributed by atoms with Crippen molar-refractivity contribution in [2.75, 3.05) is 13.2 Å². The van der Waals surface area contributed by atoms with Gasteiger partial charge >= 0.3 is 0 Å². The largest absolute Gasteiger partial charge is 0.489 e. The number of hydrogen-bond donors (Lipinski definition) is 1. The fourth-order valence-electron chi connectivity index (χ4n) is 3.49. The molecule has 1 N–H and O–H groups in total. The topological polar surface area (TPSA) is 81.4 Å². The van der Waals surface area contributed by atoms with E-state index in [1.54, 1.807) is 13.1 Å². The monoisotopic (exact) mass is 364 g/mol. The molecular weight excluding hydrogens is 344 g/mol. The molecule has 1 aromatic carbocycles. The molecule has 27 heavy (non-hydrogen) atoms. The first kappa shape index (κ1) is 17.3. The van der Waals surface area contributed by atoms with Crippen molar-refractivity contribution >= 4 is 22.6 Å². The normalized spacial score (nSPS) is 13.4. The summed E-state index contributed by atoms with van der Waals surface area (Å²) in [4.78, 5) is 29.1. The van der Waals surface area contributed by atoms with E-state index in [9.17, 15) is 9.59 Å². The number of aromatic nitrogens is 1. The number of nitrogens with zero attached hydrogens (tertiary/aromatic N) is 1. The number of rotatable bonds is 5. The predicted octanol–water partition coefficient (Wildman–Crippen LogP) is 3.46. The zero-order chi connectivity index (χ0) is 18.8. The van der Waals surface area contributed by atoms with Gasteiger partial charge in [0.15, 0.2) is 5.78 Å². The molecule has 0 fully saturated rings. The minimum absolute atomic E-state index is 0.0173. The summed E-state index contributed by atoms with van der Waals surface area (Å²) in [6, 6.07) is 9.58. The molecule has 1 amide bonds. The molecule has 0 atom stereocenters. The Bertz CT molecular complexity index is 1020. The van der Waals surface area contributed by atoms with E-state index in [4.69, 9.17) is 9.15 Å². The lowest BCUT2D eigenvalue weighted by Crippen LogP contribution is -2.30. The van der Waals surface area contributed by atoms with E-state index in [0.717, 1.165) is 17.3 Å². The van der Waals surface area contributed by atoms with Gasteiger partial charge in [0.25, 0.3) is 5.91 Å². The summed E-state index contributed by atoms with van der Waals surface area (Å²) < 4.78 is 11.4. The summed E-state index contributed by atoms with van der Waals surface area (Å²) in [5, 5.41) is 3.82. The van der Waals surface area contributed by atoms with Gasteiger partial charge in [0.2, 0.25) is 0 Å². The number of amides is 1. The van der Waals surface area contributed by atoms with Crippen LogP contribution in [0.15, 0.2) is 40.9 Å². The van der Waals surface area contributed by atoms with Gasteiger partial charge in [0, 0.05) is 24.4 Å². The molecule has 2 heterocycles. The quantitative estimate of drug-likeness (QED) is 0.701. The van der Waals surface area contributed by atoms with Crippen LogP contribution in [0.1, 0.15) is 45.1 Å². The van der Waals surface area contributed by atoms with Crippen LogP contribution in [0.3, 0.4) is 0 Å². The second-order valence-electron chi connectivity index (χ2n) is 6.54. The Morgan fingerprint density at radius 2 is 2.11 bits per heavy atom. The lowest BCUT2D eigenvalue weighted by atomic mass is 9.93. The minimum Gasteiger partial charge on any atom is -0.489 e. The predicted molar refractivity (Wildman–Crippen MR) is 100 cm³/mol. The zero-order valence-electron chi connectivity index (χ0n) is 15.1. The van der Waals surface area contributed by atoms with E-state index in [1.807, 2.05) is 30.3 Å². The summed E-state index contributed by atoms with van der Waals surface area (Å²) in [6.07, 6.45) is 3.65. The van der Waals surface area contributed by atoms with Crippen molar-refractivity contribution in [1.29, 1.82) is 0 Å². The Kier molecular flexibility index (Phi) is 4.62. The molecule has 6 heteroatoms. The van der Waals surface area contributed by atoms with Crippen molar-refractivity contribution in [2.45, 2.75) is 26.2 Å². The Morgan fingerprint density at radius 3 is 3.00 bits per heavy atom. The highest BCUT2D eigenvalue weighted by molar-refractivity contribution is 6.10. The van der Waals surface area contributed by atoms with Crippen LogP contribution in [-0.4, -0.2) is 29.8 Å². The third-order valence-corrected chi connectivity index (χ3v) is 4.71. The lowest BCUT2D eigenvalue weighted by Gasteiger charge is -2.11. The van der Waals surface area contributed by atoms with Crippen molar-refractivity contribution in [3.05, 3.63) is 59.2 Å². The standard InChI is InChI=1S/C21H20N2O4/c1-13-18(19-15(24)7-3-8-16(19)27-13)21(25)23-11-12-26-17-9-2-5-14-6-4-10-22-20(14)17/h2,4-6,9-10H,3,7-8,11-12H2,1H3,(H,23,25). The van der Waals surface area contributed by atoms with E-state index in [1.165, 1.54) is 0 Å². The minimum atomic E-state index is -0.299. The number of fused-ring (bicyclic) bond motifs is 2. The maximum atomic E-state index is 12.6. The molecule has 0 saturated carbocycles. The van der Waals surface area contributed by atoms with Crippen LogP contribution in [0.2, 0.25) is 0 Å². The molecule has 0 spiro atoms. The summed E-state index contributed by atoms with van der Waals surface area (Å²) in [7, 11) is 0. The number of furan rings is 1.